The third-order valence-corrected chi connectivity index (χ3v) is 3.39. The number of rotatable bonds is 10. The van der Waals surface area contributed by atoms with Crippen molar-refractivity contribution in [1.29, 1.82) is 0 Å². The highest BCUT2D eigenvalue weighted by Crippen LogP contribution is 2.17. The quantitative estimate of drug-likeness (QED) is 0.657. The van der Waals surface area contributed by atoms with Gasteiger partial charge in [-0.25, -0.2) is 0 Å². The molecule has 0 bridgehead atoms. The predicted octanol–water partition coefficient (Wildman–Crippen LogP) is 2.56. The van der Waals surface area contributed by atoms with Crippen molar-refractivity contribution >= 4 is 0 Å². The Bertz CT molecular complexity index is 337. The molecule has 19 heavy (non-hydrogen) atoms. The molecule has 1 rings (SSSR count). The molecule has 0 aliphatic heterocycles. The number of benzene rings is 1. The first kappa shape index (κ1) is 16.0. The summed E-state index contributed by atoms with van der Waals surface area (Å²) in [6.45, 7) is 12.6. The van der Waals surface area contributed by atoms with Crippen molar-refractivity contribution in [3.8, 4) is 5.75 Å². The van der Waals surface area contributed by atoms with E-state index in [0.29, 0.717) is 0 Å². The van der Waals surface area contributed by atoms with Crippen LogP contribution in [0, 0.1) is 0 Å². The molecule has 0 heterocycles. The van der Waals surface area contributed by atoms with Crippen LogP contribution < -0.4 is 10.1 Å². The Balaban J connectivity index is 2.14. The van der Waals surface area contributed by atoms with Crippen molar-refractivity contribution in [3.63, 3.8) is 0 Å². The number of nitrogens with one attached hydrogen (secondary N) is 1. The Morgan fingerprint density at radius 3 is 2.47 bits per heavy atom. The van der Waals surface area contributed by atoms with Crippen molar-refractivity contribution in [2.45, 2.75) is 27.2 Å². The van der Waals surface area contributed by atoms with E-state index in [1.54, 1.807) is 0 Å². The minimum atomic E-state index is 0.731. The number of nitrogens with zero attached hydrogens (tertiary/aromatic N) is 1. The zero-order chi connectivity index (χ0) is 13.9. The Morgan fingerprint density at radius 1 is 1.05 bits per heavy atom. The molecule has 108 valence electrons. The molecular formula is C16H28N2O. The fraction of sp³-hybridized carbons (Fsp3) is 0.625. The van der Waals surface area contributed by atoms with Crippen molar-refractivity contribution in [3.05, 3.63) is 29.8 Å². The zero-order valence-electron chi connectivity index (χ0n) is 12.6. The monoisotopic (exact) mass is 264 g/mol. The molecule has 0 amide bonds. The van der Waals surface area contributed by atoms with Gasteiger partial charge in [-0.1, -0.05) is 39.0 Å². The smallest absolute Gasteiger partial charge is 0.122 e. The molecule has 1 aromatic rings. The summed E-state index contributed by atoms with van der Waals surface area (Å²) in [5, 5.41) is 3.43. The first-order valence-corrected chi connectivity index (χ1v) is 7.45. The maximum absolute atomic E-state index is 5.81. The van der Waals surface area contributed by atoms with E-state index in [1.165, 1.54) is 5.56 Å². The molecular weight excluding hydrogens is 236 g/mol. The summed E-state index contributed by atoms with van der Waals surface area (Å²) in [7, 11) is 0. The summed E-state index contributed by atoms with van der Waals surface area (Å²) in [4.78, 5) is 2.42. The molecule has 0 fully saturated rings. The van der Waals surface area contributed by atoms with Crippen LogP contribution in [0.5, 0.6) is 5.75 Å². The van der Waals surface area contributed by atoms with Gasteiger partial charge in [-0.05, 0) is 31.1 Å². The van der Waals surface area contributed by atoms with Crippen LogP contribution in [0.3, 0.4) is 0 Å². The van der Waals surface area contributed by atoms with Crippen molar-refractivity contribution in [2.24, 2.45) is 0 Å². The Hall–Kier alpha value is -1.06. The molecule has 0 aromatic heterocycles. The highest BCUT2D eigenvalue weighted by atomic mass is 16.5. The maximum Gasteiger partial charge on any atom is 0.122 e. The molecule has 1 aromatic carbocycles. The zero-order valence-corrected chi connectivity index (χ0v) is 12.6. The molecule has 0 unspecified atom stereocenters. The molecule has 0 atom stereocenters. The molecule has 1 N–H and O–H groups in total. The van der Waals surface area contributed by atoms with Crippen LogP contribution in [-0.4, -0.2) is 44.2 Å². The van der Waals surface area contributed by atoms with Crippen molar-refractivity contribution in [1.82, 2.24) is 10.2 Å². The lowest BCUT2D eigenvalue weighted by Gasteiger charge is -2.18. The van der Waals surface area contributed by atoms with Gasteiger partial charge in [-0.15, -0.1) is 0 Å². The molecule has 0 spiro atoms. The molecule has 0 radical (unpaired) electrons. The van der Waals surface area contributed by atoms with Crippen LogP contribution in [0.2, 0.25) is 0 Å². The van der Waals surface area contributed by atoms with Gasteiger partial charge >= 0.3 is 0 Å². The number of aryl methyl sites for hydroxylation is 1. The van der Waals surface area contributed by atoms with Crippen LogP contribution >= 0.6 is 0 Å². The molecule has 3 heteroatoms. The van der Waals surface area contributed by atoms with E-state index in [2.05, 4.69) is 49.2 Å². The SMILES string of the molecule is CCc1ccccc1OCCNCCN(CC)CC. The van der Waals surface area contributed by atoms with Gasteiger partial charge in [-0.2, -0.15) is 0 Å². The Labute approximate surface area is 118 Å². The lowest BCUT2D eigenvalue weighted by Crippen LogP contribution is -2.33. The third kappa shape index (κ3) is 6.08. The minimum absolute atomic E-state index is 0.731. The van der Waals surface area contributed by atoms with E-state index in [4.69, 9.17) is 4.74 Å². The van der Waals surface area contributed by atoms with Crippen molar-refractivity contribution < 1.29 is 4.74 Å². The average molecular weight is 264 g/mol. The van der Waals surface area contributed by atoms with Gasteiger partial charge < -0.3 is 15.0 Å². The highest BCUT2D eigenvalue weighted by molar-refractivity contribution is 5.33. The summed E-state index contributed by atoms with van der Waals surface area (Å²) in [6.07, 6.45) is 1.02. The fourth-order valence-electron chi connectivity index (χ4n) is 2.07. The van der Waals surface area contributed by atoms with E-state index in [1.807, 2.05) is 6.07 Å². The maximum atomic E-state index is 5.81. The second kappa shape index (κ2) is 9.82. The van der Waals surface area contributed by atoms with E-state index in [-0.39, 0.29) is 0 Å². The molecule has 3 nitrogen and oxygen atoms in total. The number of para-hydroxylation sites is 1. The highest BCUT2D eigenvalue weighted by Gasteiger charge is 2.00. The average Bonchev–Trinajstić information content (AvgIpc) is 2.47. The largest absolute Gasteiger partial charge is 0.492 e. The summed E-state index contributed by atoms with van der Waals surface area (Å²) in [6, 6.07) is 8.27. The Morgan fingerprint density at radius 2 is 1.79 bits per heavy atom. The topological polar surface area (TPSA) is 24.5 Å². The van der Waals surface area contributed by atoms with E-state index in [0.717, 1.165) is 51.5 Å². The van der Waals surface area contributed by atoms with Gasteiger partial charge in [-0.3, -0.25) is 0 Å². The Kier molecular flexibility index (Phi) is 8.26. The second-order valence-electron chi connectivity index (χ2n) is 4.59. The standard InChI is InChI=1S/C16H28N2O/c1-4-15-9-7-8-10-16(15)19-14-12-17-11-13-18(5-2)6-3/h7-10,17H,4-6,11-14H2,1-3H3. The van der Waals surface area contributed by atoms with E-state index < -0.39 is 0 Å². The lowest BCUT2D eigenvalue weighted by atomic mass is 10.1. The van der Waals surface area contributed by atoms with E-state index in [9.17, 15) is 0 Å². The first-order chi connectivity index (χ1) is 9.31. The number of hydrogen-bond donors (Lipinski definition) is 1. The molecule has 0 saturated carbocycles. The predicted molar refractivity (Wildman–Crippen MR) is 82.0 cm³/mol. The van der Waals surface area contributed by atoms with Crippen LogP contribution in [0.15, 0.2) is 24.3 Å². The van der Waals surface area contributed by atoms with Gasteiger partial charge in [0.25, 0.3) is 0 Å². The molecule has 0 aliphatic rings. The van der Waals surface area contributed by atoms with Crippen LogP contribution in [-0.2, 0) is 6.42 Å². The van der Waals surface area contributed by atoms with Crippen LogP contribution in [0.25, 0.3) is 0 Å². The van der Waals surface area contributed by atoms with Gasteiger partial charge in [0.2, 0.25) is 0 Å². The van der Waals surface area contributed by atoms with Gasteiger partial charge in [0.05, 0.1) is 0 Å². The molecule has 0 saturated heterocycles. The third-order valence-electron chi connectivity index (χ3n) is 3.39. The van der Waals surface area contributed by atoms with Crippen molar-refractivity contribution in [2.75, 3.05) is 39.3 Å². The summed E-state index contributed by atoms with van der Waals surface area (Å²) in [5.74, 6) is 1.02. The second-order valence-corrected chi connectivity index (χ2v) is 4.59. The lowest BCUT2D eigenvalue weighted by molar-refractivity contribution is 0.284. The van der Waals surface area contributed by atoms with Crippen LogP contribution in [0.4, 0.5) is 0 Å². The number of ether oxygens (including phenoxy) is 1. The number of hydrogen-bond acceptors (Lipinski definition) is 3. The summed E-state index contributed by atoms with van der Waals surface area (Å²) in [5.41, 5.74) is 1.28. The van der Waals surface area contributed by atoms with Gasteiger partial charge in [0.1, 0.15) is 12.4 Å². The summed E-state index contributed by atoms with van der Waals surface area (Å²) >= 11 is 0. The normalized spacial score (nSPS) is 10.9. The molecule has 0 aliphatic carbocycles. The van der Waals surface area contributed by atoms with Gasteiger partial charge in [0, 0.05) is 19.6 Å². The van der Waals surface area contributed by atoms with Crippen LogP contribution in [0.1, 0.15) is 26.3 Å². The minimum Gasteiger partial charge on any atom is -0.492 e. The summed E-state index contributed by atoms with van der Waals surface area (Å²) < 4.78 is 5.81. The fourth-order valence-corrected chi connectivity index (χ4v) is 2.07. The van der Waals surface area contributed by atoms with E-state index >= 15 is 0 Å². The van der Waals surface area contributed by atoms with Gasteiger partial charge in [0.15, 0.2) is 0 Å². The first-order valence-electron chi connectivity index (χ1n) is 7.45. The number of likely N-dealkylation sites (N-methyl/N-ethyl adjacent to an activating group) is 1.